The van der Waals surface area contributed by atoms with Gasteiger partial charge in [0.1, 0.15) is 17.7 Å². The number of anilines is 3. The number of fused-ring (bicyclic) bond motifs is 1. The van der Waals surface area contributed by atoms with Crippen LogP contribution in [0.25, 0.3) is 10.9 Å². The number of aromatic nitrogens is 1. The van der Waals surface area contributed by atoms with Crippen molar-refractivity contribution in [2.24, 2.45) is 0 Å². The summed E-state index contributed by atoms with van der Waals surface area (Å²) in [6, 6.07) is 16.2. The average Bonchev–Trinajstić information content (AvgIpc) is 3.52. The van der Waals surface area contributed by atoms with Crippen molar-refractivity contribution in [2.45, 2.75) is 51.2 Å². The molecule has 2 aliphatic heterocycles. The highest BCUT2D eigenvalue weighted by Gasteiger charge is 2.37. The molecule has 8 nitrogen and oxygen atoms in total. The first kappa shape index (κ1) is 31.8. The van der Waals surface area contributed by atoms with Crippen molar-refractivity contribution in [1.82, 2.24) is 25.9 Å². The Labute approximate surface area is 276 Å². The van der Waals surface area contributed by atoms with Gasteiger partial charge in [-0.2, -0.15) is 5.26 Å². The summed E-state index contributed by atoms with van der Waals surface area (Å²) in [5.74, 6) is -0.882. The van der Waals surface area contributed by atoms with Gasteiger partial charge in [-0.15, -0.1) is 5.53 Å². The van der Waals surface area contributed by atoms with Gasteiger partial charge in [-0.1, -0.05) is 42.3 Å². The summed E-state index contributed by atoms with van der Waals surface area (Å²) in [5, 5.41) is 19.7. The average molecular weight is 664 g/mol. The number of rotatable bonds is 8. The molecule has 6 rings (SSSR count). The normalized spacial score (nSPS) is 18.5. The first-order valence-corrected chi connectivity index (χ1v) is 15.8. The molecule has 4 aromatic rings. The second-order valence-electron chi connectivity index (χ2n) is 12.2. The van der Waals surface area contributed by atoms with Crippen molar-refractivity contribution in [3.63, 3.8) is 0 Å². The summed E-state index contributed by atoms with van der Waals surface area (Å²) in [5.41, 5.74) is 10.7. The highest BCUT2D eigenvalue weighted by molar-refractivity contribution is 6.36. The van der Waals surface area contributed by atoms with E-state index in [9.17, 15) is 14.0 Å². The molecule has 1 aromatic heterocycles. The van der Waals surface area contributed by atoms with E-state index in [1.165, 1.54) is 36.5 Å². The van der Waals surface area contributed by atoms with Crippen LogP contribution in [0.3, 0.4) is 0 Å². The molecule has 0 aliphatic carbocycles. The Morgan fingerprint density at radius 3 is 2.54 bits per heavy atom. The fourth-order valence-corrected chi connectivity index (χ4v) is 6.82. The zero-order valence-corrected chi connectivity index (χ0v) is 27.1. The quantitative estimate of drug-likeness (QED) is 0.151. The van der Waals surface area contributed by atoms with E-state index in [0.717, 1.165) is 37.2 Å². The first-order valence-electron chi connectivity index (χ1n) is 15.1. The molecule has 2 unspecified atom stereocenters. The van der Waals surface area contributed by atoms with Gasteiger partial charge in [0.25, 0.3) is 0 Å². The van der Waals surface area contributed by atoms with Crippen LogP contribution in [0.4, 0.5) is 25.8 Å². The summed E-state index contributed by atoms with van der Waals surface area (Å²) in [7, 11) is 0. The third kappa shape index (κ3) is 6.42. The lowest BCUT2D eigenvalue weighted by atomic mass is 9.87. The van der Waals surface area contributed by atoms with Gasteiger partial charge in [-0.25, -0.2) is 8.78 Å². The Kier molecular flexibility index (Phi) is 8.95. The minimum atomic E-state index is -0.549. The number of nitriles is 1. The highest BCUT2D eigenvalue weighted by atomic mass is 35.5. The van der Waals surface area contributed by atoms with E-state index < -0.39 is 11.9 Å². The topological polar surface area (TPSA) is 91.3 Å². The molecule has 0 saturated carbocycles. The zero-order valence-electron chi connectivity index (χ0n) is 25.6. The standard InChI is InChI=1S/C34H34Cl2F2N8/c1-4-45-12-11-25(16-34(45,2)3)46-19-30(43-44-46)32(20-5-7-22(37)8-6-20)42-24-13-26-31(41-23-9-10-29(38)27(35)14-23)21(17-39)18-40-33(26)28(36)15-24/h5-10,13-15,18-19,25,32,42-44H,4,11-12,16H2,1-3H3,(H,40,41). The molecule has 0 amide bonds. The SMILES string of the molecule is CCN1CCC(N2C=C(C(Nc3cc(Cl)c4ncc(C#N)c(Nc5ccc(F)c(Cl)c5)c4c3)c3ccc(F)cc3)NN2)CC1(C)C. The number of hydrazine groups is 2. The van der Waals surface area contributed by atoms with Crippen LogP contribution in [0.1, 0.15) is 50.8 Å². The van der Waals surface area contributed by atoms with Crippen LogP contribution in [-0.2, 0) is 0 Å². The maximum atomic E-state index is 14.0. The Morgan fingerprint density at radius 1 is 1.09 bits per heavy atom. The molecule has 238 valence electrons. The number of benzene rings is 3. The summed E-state index contributed by atoms with van der Waals surface area (Å²) >= 11 is 12.8. The summed E-state index contributed by atoms with van der Waals surface area (Å²) < 4.78 is 27.9. The fraction of sp³-hybridized carbons (Fsp3) is 0.294. The second kappa shape index (κ2) is 12.9. The van der Waals surface area contributed by atoms with Gasteiger partial charge in [0.15, 0.2) is 0 Å². The summed E-state index contributed by atoms with van der Waals surface area (Å²) in [6.45, 7) is 8.77. The molecular weight excluding hydrogens is 629 g/mol. The van der Waals surface area contributed by atoms with Crippen LogP contribution in [-0.4, -0.2) is 39.6 Å². The summed E-state index contributed by atoms with van der Waals surface area (Å²) in [6.07, 6.45) is 5.49. The molecule has 3 heterocycles. The van der Waals surface area contributed by atoms with Crippen LogP contribution in [0.5, 0.6) is 0 Å². The number of hydrogen-bond donors (Lipinski definition) is 4. The van der Waals surface area contributed by atoms with Gasteiger partial charge in [0.05, 0.1) is 38.6 Å². The van der Waals surface area contributed by atoms with Gasteiger partial charge in [-0.05, 0) is 81.3 Å². The van der Waals surface area contributed by atoms with E-state index >= 15 is 0 Å². The first-order chi connectivity index (χ1) is 22.1. The lowest BCUT2D eigenvalue weighted by Crippen LogP contribution is -2.56. The van der Waals surface area contributed by atoms with Gasteiger partial charge >= 0.3 is 0 Å². The molecule has 12 heteroatoms. The smallest absolute Gasteiger partial charge is 0.141 e. The van der Waals surface area contributed by atoms with Crippen molar-refractivity contribution in [1.29, 1.82) is 5.26 Å². The molecule has 1 saturated heterocycles. The lowest BCUT2D eigenvalue weighted by molar-refractivity contribution is 0.0219. The molecule has 46 heavy (non-hydrogen) atoms. The van der Waals surface area contributed by atoms with E-state index in [1.54, 1.807) is 18.2 Å². The zero-order chi connectivity index (χ0) is 32.6. The van der Waals surface area contributed by atoms with Gasteiger partial charge in [-0.3, -0.25) is 14.9 Å². The van der Waals surface area contributed by atoms with E-state index in [0.29, 0.717) is 33.0 Å². The maximum Gasteiger partial charge on any atom is 0.141 e. The Bertz CT molecular complexity index is 1840. The maximum absolute atomic E-state index is 14.0. The third-order valence-electron chi connectivity index (χ3n) is 8.77. The number of likely N-dealkylation sites (tertiary alicyclic amines) is 1. The number of nitrogens with one attached hydrogen (secondary N) is 4. The van der Waals surface area contributed by atoms with Crippen LogP contribution >= 0.6 is 23.2 Å². The molecule has 0 bridgehead atoms. The van der Waals surface area contributed by atoms with Gasteiger partial charge in [0, 0.05) is 47.3 Å². The Balaban J connectivity index is 1.36. The van der Waals surface area contributed by atoms with Crippen molar-refractivity contribution >= 4 is 51.2 Å². The monoisotopic (exact) mass is 662 g/mol. The number of pyridine rings is 1. The van der Waals surface area contributed by atoms with Crippen LogP contribution in [0.15, 0.2) is 72.7 Å². The van der Waals surface area contributed by atoms with Crippen LogP contribution in [0, 0.1) is 23.0 Å². The Morgan fingerprint density at radius 2 is 1.85 bits per heavy atom. The molecule has 2 atom stereocenters. The fourth-order valence-electron chi connectivity index (χ4n) is 6.37. The largest absolute Gasteiger partial charge is 0.373 e. The molecular formula is C34H34Cl2F2N8. The Hall–Kier alpha value is -4.14. The van der Waals surface area contributed by atoms with E-state index in [4.69, 9.17) is 23.2 Å². The van der Waals surface area contributed by atoms with Crippen molar-refractivity contribution in [2.75, 3.05) is 23.7 Å². The van der Waals surface area contributed by atoms with Crippen LogP contribution < -0.4 is 21.6 Å². The number of piperidine rings is 1. The summed E-state index contributed by atoms with van der Waals surface area (Å²) in [4.78, 5) is 6.95. The number of halogens is 4. The van der Waals surface area contributed by atoms with Crippen LogP contribution in [0.2, 0.25) is 10.0 Å². The van der Waals surface area contributed by atoms with Crippen molar-refractivity contribution in [3.05, 3.63) is 105 Å². The molecule has 1 fully saturated rings. The third-order valence-corrected chi connectivity index (χ3v) is 9.34. The predicted molar refractivity (Wildman–Crippen MR) is 179 cm³/mol. The van der Waals surface area contributed by atoms with Crippen molar-refractivity contribution in [3.8, 4) is 6.07 Å². The van der Waals surface area contributed by atoms with E-state index in [1.807, 2.05) is 6.07 Å². The lowest BCUT2D eigenvalue weighted by Gasteiger charge is -2.47. The number of hydrogen-bond acceptors (Lipinski definition) is 8. The molecule has 4 N–H and O–H groups in total. The van der Waals surface area contributed by atoms with E-state index in [2.05, 4.69) is 69.5 Å². The molecule has 3 aromatic carbocycles. The highest BCUT2D eigenvalue weighted by Crippen LogP contribution is 2.38. The van der Waals surface area contributed by atoms with Crippen molar-refractivity contribution < 1.29 is 8.78 Å². The molecule has 0 radical (unpaired) electrons. The predicted octanol–water partition coefficient (Wildman–Crippen LogP) is 8.02. The van der Waals surface area contributed by atoms with E-state index in [-0.39, 0.29) is 28.0 Å². The molecule has 0 spiro atoms. The van der Waals surface area contributed by atoms with Gasteiger partial charge in [0.2, 0.25) is 0 Å². The minimum Gasteiger partial charge on any atom is -0.373 e. The minimum absolute atomic E-state index is 0.0520. The number of nitrogens with zero attached hydrogens (tertiary/aromatic N) is 4. The van der Waals surface area contributed by atoms with Gasteiger partial charge < -0.3 is 16.1 Å². The second-order valence-corrected chi connectivity index (χ2v) is 13.0. The molecule has 2 aliphatic rings.